The molecule has 0 aromatic heterocycles. The Balaban J connectivity index is 4.11. The number of hydrogen-bond acceptors (Lipinski definition) is 3. The molecule has 0 amide bonds. The van der Waals surface area contributed by atoms with Crippen LogP contribution < -0.4 is 0 Å². The highest BCUT2D eigenvalue weighted by Crippen LogP contribution is 2.39. The third kappa shape index (κ3) is 3.00. The molecule has 0 unspecified atom stereocenters. The normalized spacial score (nSPS) is 44.6. The molecule has 1 saturated carbocycles. The van der Waals surface area contributed by atoms with Crippen molar-refractivity contribution < 1.29 is 32.0 Å². The summed E-state index contributed by atoms with van der Waals surface area (Å²) >= 11 is 0. The van der Waals surface area contributed by atoms with Crippen LogP contribution in [0.1, 0.15) is 66.3 Å². The summed E-state index contributed by atoms with van der Waals surface area (Å²) in [6.07, 6.45) is -19.4. The Morgan fingerprint density at radius 3 is 2.12 bits per heavy atom. The van der Waals surface area contributed by atoms with E-state index < -0.39 is 63.6 Å². The fraction of sp³-hybridized carbons (Fsp3) is 0.917. The molecular weight excluding hydrogens is 240 g/mol. The second-order valence-electron chi connectivity index (χ2n) is 4.71. The van der Waals surface area contributed by atoms with Crippen LogP contribution in [0, 0.1) is 5.41 Å². The molecule has 17 heavy (non-hydrogen) atoms. The second-order valence-corrected chi connectivity index (χ2v) is 7.45. The molecule has 5 heteroatoms. The van der Waals surface area contributed by atoms with Crippen LogP contribution in [0.2, 0.25) is 0 Å². The standard InChI is InChI=1S/C12H22O4S/c1-11(2,3)17(15,16)9-12(10(13)14)7-5-4-6-8-12/h4-9H2,1-3H3,(H,13,14)/i4D2,5D2,6D2,7D2,8D2. The highest BCUT2D eigenvalue weighted by Gasteiger charge is 2.46. The maximum Gasteiger partial charge on any atom is 0.310 e. The molecule has 100 valence electrons. The lowest BCUT2D eigenvalue weighted by Crippen LogP contribution is -2.44. The minimum absolute atomic E-state index is 1.15. The first-order valence-corrected chi connectivity index (χ1v) is 6.51. The highest BCUT2D eigenvalue weighted by molar-refractivity contribution is 7.92. The summed E-state index contributed by atoms with van der Waals surface area (Å²) in [7, 11) is -4.60. The Kier molecular flexibility index (Phi) is 1.51. The summed E-state index contributed by atoms with van der Waals surface area (Å²) in [5.41, 5.74) is -3.76. The first-order chi connectivity index (χ1) is 11.4. The van der Waals surface area contributed by atoms with Crippen molar-refractivity contribution in [1.29, 1.82) is 0 Å². The Hall–Kier alpha value is -0.580. The third-order valence-corrected chi connectivity index (χ3v) is 5.06. The number of carboxylic acids is 1. The van der Waals surface area contributed by atoms with Crippen molar-refractivity contribution in [2.24, 2.45) is 5.41 Å². The van der Waals surface area contributed by atoms with Gasteiger partial charge in [0.05, 0.1) is 15.9 Å². The number of carboxylic acid groups (broad SMARTS) is 1. The largest absolute Gasteiger partial charge is 0.481 e. The van der Waals surface area contributed by atoms with E-state index in [1.807, 2.05) is 0 Å². The van der Waals surface area contributed by atoms with Crippen LogP contribution in [0.3, 0.4) is 0 Å². The van der Waals surface area contributed by atoms with E-state index in [-0.39, 0.29) is 0 Å². The molecule has 0 heterocycles. The molecular formula is C12H22O4S. The van der Waals surface area contributed by atoms with Crippen LogP contribution in [-0.4, -0.2) is 30.0 Å². The van der Waals surface area contributed by atoms with Gasteiger partial charge in [-0.2, -0.15) is 0 Å². The second kappa shape index (κ2) is 4.59. The van der Waals surface area contributed by atoms with E-state index >= 15 is 0 Å². The summed E-state index contributed by atoms with van der Waals surface area (Å²) in [6, 6.07) is 0. The Bertz CT molecular complexity index is 721. The van der Waals surface area contributed by atoms with E-state index in [1.54, 1.807) is 0 Å². The van der Waals surface area contributed by atoms with Crippen molar-refractivity contribution in [3.05, 3.63) is 0 Å². The van der Waals surface area contributed by atoms with Gasteiger partial charge in [-0.05, 0) is 33.5 Å². The van der Waals surface area contributed by atoms with Crippen LogP contribution >= 0.6 is 0 Å². The molecule has 1 rings (SSSR count). The number of carbonyl (C=O) groups is 1. The van der Waals surface area contributed by atoms with Gasteiger partial charge in [-0.15, -0.1) is 0 Å². The van der Waals surface area contributed by atoms with Gasteiger partial charge in [0, 0.05) is 13.7 Å². The van der Waals surface area contributed by atoms with Crippen LogP contribution in [0.25, 0.3) is 0 Å². The maximum absolute atomic E-state index is 12.7. The summed E-state index contributed by atoms with van der Waals surface area (Å²) < 4.78 is 103. The van der Waals surface area contributed by atoms with Crippen LogP contribution in [0.15, 0.2) is 0 Å². The van der Waals surface area contributed by atoms with Crippen molar-refractivity contribution in [3.8, 4) is 0 Å². The van der Waals surface area contributed by atoms with E-state index in [1.165, 1.54) is 0 Å². The molecule has 1 fully saturated rings. The third-order valence-electron chi connectivity index (χ3n) is 2.38. The molecule has 0 bridgehead atoms. The average Bonchev–Trinajstić information content (AvgIpc) is 2.40. The predicted molar refractivity (Wildman–Crippen MR) is 66.7 cm³/mol. The molecule has 0 radical (unpaired) electrons. The monoisotopic (exact) mass is 272 g/mol. The fourth-order valence-electron chi connectivity index (χ4n) is 1.08. The molecule has 0 aromatic carbocycles. The van der Waals surface area contributed by atoms with Gasteiger partial charge < -0.3 is 5.11 Å². The number of aliphatic carboxylic acids is 1. The number of rotatable bonds is 3. The van der Waals surface area contributed by atoms with Crippen molar-refractivity contribution in [1.82, 2.24) is 0 Å². The van der Waals surface area contributed by atoms with Gasteiger partial charge in [0.2, 0.25) is 0 Å². The van der Waals surface area contributed by atoms with Gasteiger partial charge in [0.25, 0.3) is 0 Å². The van der Waals surface area contributed by atoms with Crippen LogP contribution in [0.5, 0.6) is 0 Å². The van der Waals surface area contributed by atoms with Crippen molar-refractivity contribution >= 4 is 15.8 Å². The zero-order valence-corrected chi connectivity index (χ0v) is 10.6. The molecule has 0 spiro atoms. The van der Waals surface area contributed by atoms with Gasteiger partial charge in [-0.25, -0.2) is 8.42 Å². The molecule has 1 aliphatic rings. The van der Waals surface area contributed by atoms with Gasteiger partial charge in [0.15, 0.2) is 9.84 Å². The van der Waals surface area contributed by atoms with Crippen molar-refractivity contribution in [2.45, 2.75) is 57.4 Å². The van der Waals surface area contributed by atoms with E-state index in [0.29, 0.717) is 0 Å². The van der Waals surface area contributed by atoms with E-state index in [4.69, 9.17) is 13.7 Å². The molecule has 1 aliphatic carbocycles. The lowest BCUT2D eigenvalue weighted by molar-refractivity contribution is -0.149. The molecule has 0 aromatic rings. The lowest BCUT2D eigenvalue weighted by Gasteiger charge is -2.35. The summed E-state index contributed by atoms with van der Waals surface area (Å²) in [5, 5.41) is 9.72. The molecule has 0 saturated heterocycles. The van der Waals surface area contributed by atoms with Crippen LogP contribution in [-0.2, 0) is 14.6 Å². The van der Waals surface area contributed by atoms with Gasteiger partial charge in [-0.1, -0.05) is 19.1 Å². The van der Waals surface area contributed by atoms with Crippen molar-refractivity contribution in [2.75, 3.05) is 5.75 Å². The zero-order valence-electron chi connectivity index (χ0n) is 19.8. The predicted octanol–water partition coefficient (Wildman–Crippen LogP) is 2.23. The van der Waals surface area contributed by atoms with Gasteiger partial charge in [-0.3, -0.25) is 4.79 Å². The number of sulfone groups is 1. The summed E-state index contributed by atoms with van der Waals surface area (Å²) in [4.78, 5) is 12.1. The topological polar surface area (TPSA) is 71.4 Å². The first kappa shape index (κ1) is 5.59. The Labute approximate surface area is 117 Å². The minimum atomic E-state index is -4.60. The molecule has 0 atom stereocenters. The van der Waals surface area contributed by atoms with Gasteiger partial charge >= 0.3 is 5.97 Å². The van der Waals surface area contributed by atoms with Gasteiger partial charge in [0.1, 0.15) is 0 Å². The quantitative estimate of drug-likeness (QED) is 0.855. The molecule has 1 N–H and O–H groups in total. The van der Waals surface area contributed by atoms with E-state index in [9.17, 15) is 18.3 Å². The molecule has 0 aliphatic heterocycles. The summed E-state index contributed by atoms with van der Waals surface area (Å²) in [5.74, 6) is -4.16. The smallest absolute Gasteiger partial charge is 0.310 e. The minimum Gasteiger partial charge on any atom is -0.481 e. The highest BCUT2D eigenvalue weighted by atomic mass is 32.2. The maximum atomic E-state index is 12.7. The summed E-state index contributed by atoms with van der Waals surface area (Å²) in [6.45, 7) is 3.44. The van der Waals surface area contributed by atoms with E-state index in [0.717, 1.165) is 20.8 Å². The average molecular weight is 272 g/mol. The van der Waals surface area contributed by atoms with Crippen molar-refractivity contribution in [3.63, 3.8) is 0 Å². The van der Waals surface area contributed by atoms with Crippen LogP contribution in [0.4, 0.5) is 0 Å². The lowest BCUT2D eigenvalue weighted by atomic mass is 9.76. The zero-order chi connectivity index (χ0) is 22.3. The Morgan fingerprint density at radius 1 is 1.29 bits per heavy atom. The van der Waals surface area contributed by atoms with E-state index in [2.05, 4.69) is 0 Å². The first-order valence-electron chi connectivity index (χ1n) is 9.86. The SMILES string of the molecule is [2H]C1([2H])C([2H])([2H])C([2H])([2H])C(CS(=O)(=O)C(C)(C)C)(C(=O)O)C([2H])([2H])C1([2H])[2H]. The number of hydrogen-bond donors (Lipinski definition) is 1. The molecule has 4 nitrogen and oxygen atoms in total. The Morgan fingerprint density at radius 2 is 1.76 bits per heavy atom. The fourth-order valence-corrected chi connectivity index (χ4v) is 2.35.